The van der Waals surface area contributed by atoms with Gasteiger partial charge in [0.1, 0.15) is 0 Å². The quantitative estimate of drug-likeness (QED) is 0.222. The van der Waals surface area contributed by atoms with Gasteiger partial charge in [-0.25, -0.2) is 4.79 Å². The summed E-state index contributed by atoms with van der Waals surface area (Å²) in [7, 11) is 0. The summed E-state index contributed by atoms with van der Waals surface area (Å²) in [5.74, 6) is 0.791. The zero-order valence-corrected chi connectivity index (χ0v) is 21.2. The number of ketones is 1. The summed E-state index contributed by atoms with van der Waals surface area (Å²) in [5.41, 5.74) is 4.42. The lowest BCUT2D eigenvalue weighted by molar-refractivity contribution is 0.0474. The topological polar surface area (TPSA) is 43.4 Å². The predicted molar refractivity (Wildman–Crippen MR) is 140 cm³/mol. The molecule has 0 heterocycles. The highest BCUT2D eigenvalue weighted by Gasteiger charge is 2.22. The fourth-order valence-electron chi connectivity index (χ4n) is 4.87. The van der Waals surface area contributed by atoms with Crippen LogP contribution in [0.3, 0.4) is 0 Å². The average Bonchev–Trinajstić information content (AvgIpc) is 2.88. The average molecular weight is 519 g/mol. The molecule has 3 aromatic carbocycles. The molecule has 0 amide bonds. The van der Waals surface area contributed by atoms with Gasteiger partial charge in [-0.15, -0.1) is 0 Å². The van der Waals surface area contributed by atoms with E-state index in [1.807, 2.05) is 60.7 Å². The van der Waals surface area contributed by atoms with Crippen molar-refractivity contribution < 1.29 is 14.3 Å². The van der Waals surface area contributed by atoms with Gasteiger partial charge in [-0.1, -0.05) is 84.2 Å². The van der Waals surface area contributed by atoms with E-state index in [9.17, 15) is 9.59 Å². The summed E-state index contributed by atoms with van der Waals surface area (Å²) in [6, 6.07) is 23.1. The van der Waals surface area contributed by atoms with E-state index in [4.69, 9.17) is 4.74 Å². The maximum Gasteiger partial charge on any atom is 0.338 e. The molecule has 1 fully saturated rings. The minimum Gasteiger partial charge on any atom is -0.454 e. The Morgan fingerprint density at radius 3 is 1.94 bits per heavy atom. The third-order valence-corrected chi connectivity index (χ3v) is 7.41. The van der Waals surface area contributed by atoms with Crippen LogP contribution < -0.4 is 0 Å². The molecule has 1 aliphatic carbocycles. The van der Waals surface area contributed by atoms with Gasteiger partial charge in [0.25, 0.3) is 0 Å². The summed E-state index contributed by atoms with van der Waals surface area (Å²) >= 11 is 3.44. The summed E-state index contributed by atoms with van der Waals surface area (Å²) in [6.07, 6.45) is 7.66. The van der Waals surface area contributed by atoms with Crippen LogP contribution in [-0.2, 0) is 4.74 Å². The van der Waals surface area contributed by atoms with Crippen LogP contribution in [0, 0.1) is 5.92 Å². The summed E-state index contributed by atoms with van der Waals surface area (Å²) in [4.78, 5) is 25.0. The van der Waals surface area contributed by atoms with Gasteiger partial charge >= 0.3 is 5.97 Å². The number of carbonyl (C=O) groups excluding carboxylic acids is 2. The standard InChI is InChI=1S/C30H31BrO3/c1-2-3-21-4-6-22(7-5-21)24-10-14-27(15-11-24)30(33)34-20-29(32)26-12-8-23(9-13-26)25-16-18-28(31)19-17-25/h8-19,21-22H,2-7,20H2,1H3. The van der Waals surface area contributed by atoms with Crippen molar-refractivity contribution in [2.24, 2.45) is 5.92 Å². The van der Waals surface area contributed by atoms with Gasteiger partial charge in [0.2, 0.25) is 0 Å². The first-order valence-corrected chi connectivity index (χ1v) is 13.0. The first kappa shape index (κ1) is 24.4. The van der Waals surface area contributed by atoms with Crippen molar-refractivity contribution in [3.63, 3.8) is 0 Å². The number of carbonyl (C=O) groups is 2. The monoisotopic (exact) mass is 518 g/mol. The van der Waals surface area contributed by atoms with Gasteiger partial charge < -0.3 is 4.74 Å². The smallest absolute Gasteiger partial charge is 0.338 e. The van der Waals surface area contributed by atoms with Crippen molar-refractivity contribution in [3.8, 4) is 11.1 Å². The molecule has 3 aromatic rings. The van der Waals surface area contributed by atoms with Crippen LogP contribution in [0.15, 0.2) is 77.3 Å². The molecule has 0 atom stereocenters. The van der Waals surface area contributed by atoms with E-state index < -0.39 is 5.97 Å². The Morgan fingerprint density at radius 2 is 1.35 bits per heavy atom. The molecular formula is C30H31BrO3. The first-order chi connectivity index (χ1) is 16.5. The maximum absolute atomic E-state index is 12.5. The molecule has 0 aliphatic heterocycles. The SMILES string of the molecule is CCCC1CCC(c2ccc(C(=O)OCC(=O)c3ccc(-c4ccc(Br)cc4)cc3)cc2)CC1. The van der Waals surface area contributed by atoms with Crippen molar-refractivity contribution in [1.82, 2.24) is 0 Å². The van der Waals surface area contributed by atoms with Crippen LogP contribution >= 0.6 is 15.9 Å². The number of Topliss-reactive ketones (excluding diaryl/α,β-unsaturated/α-hetero) is 1. The number of esters is 1. The molecule has 0 bridgehead atoms. The summed E-state index contributed by atoms with van der Waals surface area (Å²) < 4.78 is 6.33. The fraction of sp³-hybridized carbons (Fsp3) is 0.333. The molecule has 4 heteroatoms. The van der Waals surface area contributed by atoms with Crippen LogP contribution in [0.1, 0.15) is 77.6 Å². The van der Waals surface area contributed by atoms with Crippen LogP contribution in [-0.4, -0.2) is 18.4 Å². The number of rotatable bonds is 8. The highest BCUT2D eigenvalue weighted by molar-refractivity contribution is 9.10. The van der Waals surface area contributed by atoms with Gasteiger partial charge in [-0.3, -0.25) is 4.79 Å². The second-order valence-corrected chi connectivity index (χ2v) is 10.1. The molecular weight excluding hydrogens is 488 g/mol. The second kappa shape index (κ2) is 11.6. The Bertz CT molecular complexity index is 1090. The molecule has 34 heavy (non-hydrogen) atoms. The molecule has 1 aliphatic rings. The van der Waals surface area contributed by atoms with E-state index in [-0.39, 0.29) is 12.4 Å². The lowest BCUT2D eigenvalue weighted by atomic mass is 9.77. The second-order valence-electron chi connectivity index (χ2n) is 9.21. The molecule has 1 saturated carbocycles. The predicted octanol–water partition coefficient (Wildman–Crippen LogP) is 8.23. The lowest BCUT2D eigenvalue weighted by Crippen LogP contribution is -2.15. The Balaban J connectivity index is 1.28. The van der Waals surface area contributed by atoms with Gasteiger partial charge in [0, 0.05) is 10.0 Å². The fourth-order valence-corrected chi connectivity index (χ4v) is 5.14. The maximum atomic E-state index is 12.5. The third-order valence-electron chi connectivity index (χ3n) is 6.88. The van der Waals surface area contributed by atoms with Crippen molar-refractivity contribution in [2.45, 2.75) is 51.4 Å². The Hall–Kier alpha value is -2.72. The number of hydrogen-bond donors (Lipinski definition) is 0. The van der Waals surface area contributed by atoms with E-state index in [1.54, 1.807) is 12.1 Å². The largest absolute Gasteiger partial charge is 0.454 e. The normalized spacial score (nSPS) is 17.8. The number of ether oxygens (including phenoxy) is 1. The number of benzene rings is 3. The minimum absolute atomic E-state index is 0.212. The molecule has 0 spiro atoms. The van der Waals surface area contributed by atoms with Crippen LogP contribution in [0.5, 0.6) is 0 Å². The van der Waals surface area contributed by atoms with Crippen LogP contribution in [0.2, 0.25) is 0 Å². The van der Waals surface area contributed by atoms with Crippen molar-refractivity contribution in [3.05, 3.63) is 94.0 Å². The van der Waals surface area contributed by atoms with E-state index in [0.717, 1.165) is 21.5 Å². The zero-order valence-electron chi connectivity index (χ0n) is 19.6. The molecule has 4 rings (SSSR count). The summed E-state index contributed by atoms with van der Waals surface area (Å²) in [6.45, 7) is 2.00. The molecule has 0 saturated heterocycles. The van der Waals surface area contributed by atoms with Gasteiger partial charge in [-0.05, 0) is 78.5 Å². The van der Waals surface area contributed by atoms with Crippen LogP contribution in [0.25, 0.3) is 11.1 Å². The molecule has 0 radical (unpaired) electrons. The molecule has 176 valence electrons. The van der Waals surface area contributed by atoms with E-state index in [2.05, 4.69) is 22.9 Å². The summed E-state index contributed by atoms with van der Waals surface area (Å²) in [5, 5.41) is 0. The van der Waals surface area contributed by atoms with Crippen molar-refractivity contribution >= 4 is 27.7 Å². The van der Waals surface area contributed by atoms with Crippen LogP contribution in [0.4, 0.5) is 0 Å². The van der Waals surface area contributed by atoms with Gasteiger partial charge in [0.15, 0.2) is 12.4 Å². The zero-order chi connectivity index (χ0) is 23.9. The Morgan fingerprint density at radius 1 is 0.794 bits per heavy atom. The van der Waals surface area contributed by atoms with Crippen molar-refractivity contribution in [1.29, 1.82) is 0 Å². The third kappa shape index (κ3) is 6.24. The van der Waals surface area contributed by atoms with Gasteiger partial charge in [-0.2, -0.15) is 0 Å². The Kier molecular flexibility index (Phi) is 8.34. The van der Waals surface area contributed by atoms with E-state index >= 15 is 0 Å². The minimum atomic E-state index is -0.460. The Labute approximate surface area is 210 Å². The van der Waals surface area contributed by atoms with Crippen molar-refractivity contribution in [2.75, 3.05) is 6.61 Å². The molecule has 0 aromatic heterocycles. The van der Waals surface area contributed by atoms with E-state index in [0.29, 0.717) is 17.0 Å². The molecule has 0 unspecified atom stereocenters. The van der Waals surface area contributed by atoms with E-state index in [1.165, 1.54) is 44.1 Å². The number of hydrogen-bond acceptors (Lipinski definition) is 3. The molecule has 3 nitrogen and oxygen atoms in total. The lowest BCUT2D eigenvalue weighted by Gasteiger charge is -2.28. The highest BCUT2D eigenvalue weighted by atomic mass is 79.9. The van der Waals surface area contributed by atoms with Gasteiger partial charge in [0.05, 0.1) is 5.56 Å². The number of halogens is 1. The first-order valence-electron chi connectivity index (χ1n) is 12.2. The highest BCUT2D eigenvalue weighted by Crippen LogP contribution is 2.37. The molecule has 0 N–H and O–H groups in total.